The Morgan fingerprint density at radius 1 is 1.39 bits per heavy atom. The van der Waals surface area contributed by atoms with Crippen molar-refractivity contribution in [2.75, 3.05) is 0 Å². The van der Waals surface area contributed by atoms with Crippen molar-refractivity contribution in [3.8, 4) is 0 Å². The summed E-state index contributed by atoms with van der Waals surface area (Å²) in [6.45, 7) is 0. The molecule has 1 aliphatic rings. The number of carboxylic acids is 1. The molecule has 2 rings (SSSR count). The van der Waals surface area contributed by atoms with Gasteiger partial charge in [0.05, 0.1) is 4.99 Å². The van der Waals surface area contributed by atoms with Gasteiger partial charge in [0.15, 0.2) is 0 Å². The zero-order valence-corrected chi connectivity index (χ0v) is 11.0. The number of benzene rings is 1. The molecule has 1 heterocycles. The van der Waals surface area contributed by atoms with Gasteiger partial charge in [-0.25, -0.2) is 4.79 Å². The molecule has 1 aromatic rings. The number of hydrogen-bond donors (Lipinski definition) is 2. The van der Waals surface area contributed by atoms with E-state index in [0.717, 1.165) is 24.3 Å². The predicted molar refractivity (Wildman–Crippen MR) is 74.6 cm³/mol. The Morgan fingerprint density at radius 3 is 2.72 bits per heavy atom. The molecule has 0 radical (unpaired) electrons. The van der Waals surface area contributed by atoms with Gasteiger partial charge in [0.1, 0.15) is 6.04 Å². The predicted octanol–water partition coefficient (Wildman–Crippen LogP) is 2.40. The van der Waals surface area contributed by atoms with Crippen molar-refractivity contribution in [3.63, 3.8) is 0 Å². The van der Waals surface area contributed by atoms with Crippen LogP contribution in [0.25, 0.3) is 0 Å². The highest BCUT2D eigenvalue weighted by Gasteiger charge is 2.32. The van der Waals surface area contributed by atoms with Gasteiger partial charge in [-0.15, -0.1) is 0 Å². The van der Waals surface area contributed by atoms with E-state index >= 15 is 0 Å². The van der Waals surface area contributed by atoms with Gasteiger partial charge in [0.2, 0.25) is 0 Å². The van der Waals surface area contributed by atoms with Crippen LogP contribution >= 0.6 is 12.2 Å². The molecule has 0 spiro atoms. The summed E-state index contributed by atoms with van der Waals surface area (Å²) >= 11 is 5.19. The van der Waals surface area contributed by atoms with Gasteiger partial charge in [-0.3, -0.25) is 0 Å². The molecule has 0 saturated carbocycles. The first-order chi connectivity index (χ1) is 8.66. The molecule has 0 aliphatic carbocycles. The first-order valence-electron chi connectivity index (χ1n) is 6.24. The summed E-state index contributed by atoms with van der Waals surface area (Å²) in [4.78, 5) is 11.6. The van der Waals surface area contributed by atoms with Crippen LogP contribution in [0.15, 0.2) is 30.3 Å². The van der Waals surface area contributed by atoms with Gasteiger partial charge >= 0.3 is 5.97 Å². The van der Waals surface area contributed by atoms with Gasteiger partial charge in [-0.2, -0.15) is 0 Å². The molecule has 1 saturated heterocycles. The molecule has 2 atom stereocenters. The Balaban J connectivity index is 1.78. The van der Waals surface area contributed by atoms with Crippen LogP contribution in [0.4, 0.5) is 0 Å². The minimum Gasteiger partial charge on any atom is -0.480 e. The largest absolute Gasteiger partial charge is 0.480 e. The molecule has 1 aromatic carbocycles. The Hall–Kier alpha value is -1.42. The molecule has 0 amide bonds. The lowest BCUT2D eigenvalue weighted by molar-refractivity contribution is -0.138. The van der Waals surface area contributed by atoms with Gasteiger partial charge in [0.25, 0.3) is 0 Å². The van der Waals surface area contributed by atoms with E-state index in [4.69, 9.17) is 17.3 Å². The maximum absolute atomic E-state index is 10.9. The molecule has 2 N–H and O–H groups in total. The lowest BCUT2D eigenvalue weighted by Crippen LogP contribution is -2.32. The van der Waals surface area contributed by atoms with Gasteiger partial charge in [-0.05, 0) is 31.2 Å². The third-order valence-electron chi connectivity index (χ3n) is 3.37. The van der Waals surface area contributed by atoms with Crippen molar-refractivity contribution in [2.24, 2.45) is 5.92 Å². The second-order valence-electron chi connectivity index (χ2n) is 4.71. The van der Waals surface area contributed by atoms with Gasteiger partial charge < -0.3 is 10.4 Å². The molecule has 1 aliphatic heterocycles. The Morgan fingerprint density at radius 2 is 2.11 bits per heavy atom. The number of nitrogens with one attached hydrogen (secondary N) is 1. The fraction of sp³-hybridized carbons (Fsp3) is 0.429. The summed E-state index contributed by atoms with van der Waals surface area (Å²) in [5.41, 5.74) is 1.32. The van der Waals surface area contributed by atoms with E-state index in [1.54, 1.807) is 0 Å². The Labute approximate surface area is 112 Å². The summed E-state index contributed by atoms with van der Waals surface area (Å²) in [6.07, 6.45) is 3.66. The van der Waals surface area contributed by atoms with E-state index in [2.05, 4.69) is 17.4 Å². The first kappa shape index (κ1) is 13.0. The average molecular weight is 263 g/mol. The van der Waals surface area contributed by atoms with Crippen LogP contribution in [0.3, 0.4) is 0 Å². The number of aliphatic carboxylic acids is 1. The zero-order chi connectivity index (χ0) is 13.0. The van der Waals surface area contributed by atoms with Crippen LogP contribution in [0.1, 0.15) is 24.8 Å². The summed E-state index contributed by atoms with van der Waals surface area (Å²) in [5.74, 6) is -0.576. The van der Waals surface area contributed by atoms with Crippen molar-refractivity contribution in [3.05, 3.63) is 35.9 Å². The van der Waals surface area contributed by atoms with Crippen molar-refractivity contribution in [1.82, 2.24) is 5.32 Å². The van der Waals surface area contributed by atoms with Crippen molar-refractivity contribution < 1.29 is 9.90 Å². The van der Waals surface area contributed by atoms with Crippen LogP contribution in [0.2, 0.25) is 0 Å². The number of thiocarbonyl (C=S) groups is 1. The zero-order valence-electron chi connectivity index (χ0n) is 10.1. The van der Waals surface area contributed by atoms with E-state index in [-0.39, 0.29) is 5.92 Å². The molecule has 96 valence electrons. The standard InChI is InChI=1S/C14H17NO2S/c16-14(17)12-9-11(13(18)15-12)8-4-7-10-5-2-1-3-6-10/h1-3,5-6,11-12H,4,7-9H2,(H,15,18)(H,16,17)/t11?,12-/m0/s1. The Kier molecular flexibility index (Phi) is 4.31. The van der Waals surface area contributed by atoms with Crippen molar-refractivity contribution >= 4 is 23.2 Å². The van der Waals surface area contributed by atoms with Crippen molar-refractivity contribution in [1.29, 1.82) is 0 Å². The summed E-state index contributed by atoms with van der Waals surface area (Å²) in [6, 6.07) is 9.84. The van der Waals surface area contributed by atoms with Crippen LogP contribution in [-0.2, 0) is 11.2 Å². The maximum atomic E-state index is 10.9. The highest BCUT2D eigenvalue weighted by atomic mass is 32.1. The summed E-state index contributed by atoms with van der Waals surface area (Å²) in [5, 5.41) is 11.8. The third kappa shape index (κ3) is 3.29. The number of aryl methyl sites for hydroxylation is 1. The van der Waals surface area contributed by atoms with Crippen LogP contribution in [0, 0.1) is 5.92 Å². The highest BCUT2D eigenvalue weighted by Crippen LogP contribution is 2.22. The molecular formula is C14H17NO2S. The maximum Gasteiger partial charge on any atom is 0.326 e. The highest BCUT2D eigenvalue weighted by molar-refractivity contribution is 7.80. The topological polar surface area (TPSA) is 49.3 Å². The minimum absolute atomic E-state index is 0.227. The summed E-state index contributed by atoms with van der Waals surface area (Å²) < 4.78 is 0. The Bertz CT molecular complexity index is 433. The smallest absolute Gasteiger partial charge is 0.326 e. The number of hydrogen-bond acceptors (Lipinski definition) is 2. The molecule has 4 heteroatoms. The fourth-order valence-electron chi connectivity index (χ4n) is 2.35. The minimum atomic E-state index is -0.803. The van der Waals surface area contributed by atoms with Crippen LogP contribution in [-0.4, -0.2) is 22.1 Å². The molecular weight excluding hydrogens is 246 g/mol. The second-order valence-corrected chi connectivity index (χ2v) is 5.15. The molecule has 0 aromatic heterocycles. The molecule has 0 bridgehead atoms. The van der Waals surface area contributed by atoms with E-state index < -0.39 is 12.0 Å². The lowest BCUT2D eigenvalue weighted by atomic mass is 9.97. The SMILES string of the molecule is O=C(O)[C@@H]1CC(CCCc2ccccc2)C(=S)N1. The molecule has 1 fully saturated rings. The van der Waals surface area contributed by atoms with E-state index in [9.17, 15) is 4.79 Å². The lowest BCUT2D eigenvalue weighted by Gasteiger charge is -2.08. The van der Waals surface area contributed by atoms with E-state index in [1.807, 2.05) is 18.2 Å². The average Bonchev–Trinajstić information content (AvgIpc) is 2.73. The molecule has 18 heavy (non-hydrogen) atoms. The number of rotatable bonds is 5. The summed E-state index contributed by atoms with van der Waals surface area (Å²) in [7, 11) is 0. The second kappa shape index (κ2) is 5.96. The van der Waals surface area contributed by atoms with E-state index in [0.29, 0.717) is 6.42 Å². The van der Waals surface area contributed by atoms with Gasteiger partial charge in [-0.1, -0.05) is 42.5 Å². The van der Waals surface area contributed by atoms with E-state index in [1.165, 1.54) is 5.56 Å². The van der Waals surface area contributed by atoms with Gasteiger partial charge in [0, 0.05) is 5.92 Å². The normalized spacial score (nSPS) is 22.8. The molecule has 3 nitrogen and oxygen atoms in total. The molecule has 1 unspecified atom stereocenters. The van der Waals surface area contributed by atoms with Crippen LogP contribution in [0.5, 0.6) is 0 Å². The fourth-order valence-corrected chi connectivity index (χ4v) is 2.71. The van der Waals surface area contributed by atoms with Crippen LogP contribution < -0.4 is 5.32 Å². The first-order valence-corrected chi connectivity index (χ1v) is 6.65. The monoisotopic (exact) mass is 263 g/mol. The van der Waals surface area contributed by atoms with Crippen molar-refractivity contribution in [2.45, 2.75) is 31.7 Å². The number of carbonyl (C=O) groups is 1. The quantitative estimate of drug-likeness (QED) is 0.801. The third-order valence-corrected chi connectivity index (χ3v) is 3.82. The number of carboxylic acid groups (broad SMARTS) is 1.